The predicted octanol–water partition coefficient (Wildman–Crippen LogP) is 2.48. The first-order chi connectivity index (χ1) is 8.35. The third-order valence-electron chi connectivity index (χ3n) is 3.49. The Balaban J connectivity index is 1.94. The Morgan fingerprint density at radius 3 is 2.61 bits per heavy atom. The van der Waals surface area contributed by atoms with Gasteiger partial charge in [-0.3, -0.25) is 9.59 Å². The Labute approximate surface area is 118 Å². The normalized spacial score (nSPS) is 24.6. The summed E-state index contributed by atoms with van der Waals surface area (Å²) in [5.74, 6) is -2.05. The Hall–Kier alpha value is -0.880. The van der Waals surface area contributed by atoms with Gasteiger partial charge < -0.3 is 10.4 Å². The zero-order valence-corrected chi connectivity index (χ0v) is 12.5. The highest BCUT2D eigenvalue weighted by molar-refractivity contribution is 9.10. The molecule has 4 nitrogen and oxygen atoms in total. The summed E-state index contributed by atoms with van der Waals surface area (Å²) in [6.45, 7) is 4.07. The van der Waals surface area contributed by atoms with Crippen molar-refractivity contribution in [3.8, 4) is 0 Å². The van der Waals surface area contributed by atoms with Crippen molar-refractivity contribution in [2.45, 2.75) is 20.4 Å². The molecule has 18 heavy (non-hydrogen) atoms. The molecule has 0 spiro atoms. The van der Waals surface area contributed by atoms with Crippen molar-refractivity contribution in [1.82, 2.24) is 5.32 Å². The van der Waals surface area contributed by atoms with E-state index >= 15 is 0 Å². The van der Waals surface area contributed by atoms with Crippen molar-refractivity contribution in [1.29, 1.82) is 0 Å². The van der Waals surface area contributed by atoms with Crippen LogP contribution in [0.3, 0.4) is 0 Å². The van der Waals surface area contributed by atoms with Gasteiger partial charge in [-0.1, -0.05) is 13.8 Å². The van der Waals surface area contributed by atoms with Gasteiger partial charge in [-0.25, -0.2) is 0 Å². The number of carboxylic acid groups (broad SMARTS) is 1. The van der Waals surface area contributed by atoms with E-state index in [0.717, 1.165) is 9.35 Å². The molecule has 2 N–H and O–H groups in total. The van der Waals surface area contributed by atoms with Crippen molar-refractivity contribution in [2.24, 2.45) is 17.3 Å². The zero-order valence-electron chi connectivity index (χ0n) is 10.1. The van der Waals surface area contributed by atoms with Crippen LogP contribution in [-0.4, -0.2) is 17.0 Å². The molecule has 0 radical (unpaired) electrons. The van der Waals surface area contributed by atoms with Crippen molar-refractivity contribution in [2.75, 3.05) is 0 Å². The zero-order chi connectivity index (χ0) is 13.5. The number of nitrogens with one attached hydrogen (secondary N) is 1. The lowest BCUT2D eigenvalue weighted by Crippen LogP contribution is -2.26. The number of carbonyl (C=O) groups is 2. The van der Waals surface area contributed by atoms with E-state index in [1.54, 1.807) is 11.3 Å². The maximum absolute atomic E-state index is 12.0. The molecule has 0 saturated heterocycles. The molecule has 2 atom stereocenters. The SMILES string of the molecule is CC1(C)C(C(=O)O)C1C(=O)NCc1sccc1Br. The molecule has 1 aliphatic rings. The summed E-state index contributed by atoms with van der Waals surface area (Å²) in [5, 5.41) is 13.8. The highest BCUT2D eigenvalue weighted by atomic mass is 79.9. The van der Waals surface area contributed by atoms with E-state index in [1.165, 1.54) is 0 Å². The first-order valence-electron chi connectivity index (χ1n) is 5.58. The number of aliphatic carboxylic acids is 1. The summed E-state index contributed by atoms with van der Waals surface area (Å²) in [4.78, 5) is 24.0. The van der Waals surface area contributed by atoms with E-state index in [2.05, 4.69) is 21.2 Å². The van der Waals surface area contributed by atoms with Crippen LogP contribution in [-0.2, 0) is 16.1 Å². The van der Waals surface area contributed by atoms with Gasteiger partial charge >= 0.3 is 5.97 Å². The van der Waals surface area contributed by atoms with Crippen LogP contribution in [0.15, 0.2) is 15.9 Å². The first kappa shape index (κ1) is 13.5. The average molecular weight is 332 g/mol. The fourth-order valence-corrected chi connectivity index (χ4v) is 3.75. The van der Waals surface area contributed by atoms with Crippen molar-refractivity contribution < 1.29 is 14.7 Å². The largest absolute Gasteiger partial charge is 0.481 e. The van der Waals surface area contributed by atoms with Gasteiger partial charge in [0.15, 0.2) is 0 Å². The second-order valence-corrected chi connectivity index (χ2v) is 6.88. The maximum Gasteiger partial charge on any atom is 0.307 e. The Kier molecular flexibility index (Phi) is 3.51. The minimum absolute atomic E-state index is 0.173. The predicted molar refractivity (Wildman–Crippen MR) is 72.3 cm³/mol. The Morgan fingerprint density at radius 1 is 1.50 bits per heavy atom. The number of carbonyl (C=O) groups excluding carboxylic acids is 1. The molecule has 6 heteroatoms. The molecule has 1 saturated carbocycles. The lowest BCUT2D eigenvalue weighted by molar-refractivity contribution is -0.140. The summed E-state index contributed by atoms with van der Waals surface area (Å²) in [5.41, 5.74) is -0.442. The molecule has 1 heterocycles. The van der Waals surface area contributed by atoms with Crippen LogP contribution >= 0.6 is 27.3 Å². The molecule has 2 rings (SSSR count). The molecule has 2 unspecified atom stereocenters. The molecule has 1 aromatic rings. The molecule has 1 fully saturated rings. The second-order valence-electron chi connectivity index (χ2n) is 5.02. The lowest BCUT2D eigenvalue weighted by atomic mass is 10.1. The number of hydrogen-bond donors (Lipinski definition) is 2. The summed E-state index contributed by atoms with van der Waals surface area (Å²) in [6, 6.07) is 1.92. The van der Waals surface area contributed by atoms with Crippen molar-refractivity contribution in [3.05, 3.63) is 20.8 Å². The molecule has 98 valence electrons. The number of halogens is 1. The van der Waals surface area contributed by atoms with Gasteiger partial charge in [-0.05, 0) is 32.8 Å². The first-order valence-corrected chi connectivity index (χ1v) is 7.25. The molecule has 1 amide bonds. The van der Waals surface area contributed by atoms with Crippen LogP contribution in [0.25, 0.3) is 0 Å². The van der Waals surface area contributed by atoms with Crippen LogP contribution in [0.4, 0.5) is 0 Å². The van der Waals surface area contributed by atoms with Gasteiger partial charge in [-0.15, -0.1) is 11.3 Å². The van der Waals surface area contributed by atoms with E-state index in [4.69, 9.17) is 5.11 Å². The third-order valence-corrected chi connectivity index (χ3v) is 5.42. The Morgan fingerprint density at radius 2 is 2.17 bits per heavy atom. The van der Waals surface area contributed by atoms with Crippen LogP contribution in [0.1, 0.15) is 18.7 Å². The number of hydrogen-bond acceptors (Lipinski definition) is 3. The smallest absolute Gasteiger partial charge is 0.307 e. The van der Waals surface area contributed by atoms with E-state index in [-0.39, 0.29) is 5.91 Å². The third kappa shape index (κ3) is 2.31. The molecule has 0 aromatic carbocycles. The van der Waals surface area contributed by atoms with E-state index in [9.17, 15) is 9.59 Å². The molecule has 0 bridgehead atoms. The van der Waals surface area contributed by atoms with Gasteiger partial charge in [0.25, 0.3) is 0 Å². The summed E-state index contributed by atoms with van der Waals surface area (Å²) in [7, 11) is 0. The average Bonchev–Trinajstić information content (AvgIpc) is 2.62. The van der Waals surface area contributed by atoms with Crippen LogP contribution in [0.5, 0.6) is 0 Å². The van der Waals surface area contributed by atoms with Crippen molar-refractivity contribution in [3.63, 3.8) is 0 Å². The van der Waals surface area contributed by atoms with Gasteiger partial charge in [0.05, 0.1) is 18.4 Å². The monoisotopic (exact) mass is 331 g/mol. The highest BCUT2D eigenvalue weighted by Crippen LogP contribution is 2.58. The summed E-state index contributed by atoms with van der Waals surface area (Å²) in [6.07, 6.45) is 0. The van der Waals surface area contributed by atoms with Gasteiger partial charge in [0.2, 0.25) is 5.91 Å². The summed E-state index contributed by atoms with van der Waals surface area (Å²) >= 11 is 4.94. The minimum atomic E-state index is -0.891. The van der Waals surface area contributed by atoms with Crippen molar-refractivity contribution >= 4 is 39.1 Å². The fourth-order valence-electron chi connectivity index (χ4n) is 2.32. The second kappa shape index (κ2) is 4.66. The minimum Gasteiger partial charge on any atom is -0.481 e. The number of amides is 1. The number of carboxylic acids is 1. The van der Waals surface area contributed by atoms with E-state index in [1.807, 2.05) is 25.3 Å². The van der Waals surface area contributed by atoms with Crippen LogP contribution in [0, 0.1) is 17.3 Å². The fraction of sp³-hybridized carbons (Fsp3) is 0.500. The highest BCUT2D eigenvalue weighted by Gasteiger charge is 2.65. The molecule has 0 aliphatic heterocycles. The van der Waals surface area contributed by atoms with E-state index in [0.29, 0.717) is 6.54 Å². The maximum atomic E-state index is 12.0. The molecular weight excluding hydrogens is 318 g/mol. The quantitative estimate of drug-likeness (QED) is 0.890. The topological polar surface area (TPSA) is 66.4 Å². The Bertz CT molecular complexity index is 497. The number of rotatable bonds is 4. The standard InChI is InChI=1S/C12H14BrNO3S/c1-12(2)8(9(12)11(16)17)10(15)14-5-7-6(13)3-4-18-7/h3-4,8-9H,5H2,1-2H3,(H,14,15)(H,16,17). The van der Waals surface area contributed by atoms with Crippen LogP contribution < -0.4 is 5.32 Å². The van der Waals surface area contributed by atoms with Crippen LogP contribution in [0.2, 0.25) is 0 Å². The molecule has 1 aliphatic carbocycles. The van der Waals surface area contributed by atoms with Gasteiger partial charge in [0, 0.05) is 9.35 Å². The number of thiophene rings is 1. The van der Waals surface area contributed by atoms with Gasteiger partial charge in [-0.2, -0.15) is 0 Å². The van der Waals surface area contributed by atoms with Gasteiger partial charge in [0.1, 0.15) is 0 Å². The summed E-state index contributed by atoms with van der Waals surface area (Å²) < 4.78 is 0.970. The lowest BCUT2D eigenvalue weighted by Gasteiger charge is -2.05. The molecule has 1 aromatic heterocycles. The molecular formula is C12H14BrNO3S. The van der Waals surface area contributed by atoms with E-state index < -0.39 is 23.2 Å².